The summed E-state index contributed by atoms with van der Waals surface area (Å²) in [5.74, 6) is -0.132. The number of ether oxygens (including phenoxy) is 1. The summed E-state index contributed by atoms with van der Waals surface area (Å²) in [5.41, 5.74) is 1.18. The van der Waals surface area contributed by atoms with Gasteiger partial charge in [-0.05, 0) is 43.4 Å². The highest BCUT2D eigenvalue weighted by atomic mass is 19.1. The first-order valence-corrected chi connectivity index (χ1v) is 7.36. The Morgan fingerprint density at radius 1 is 1.26 bits per heavy atom. The minimum Gasteiger partial charge on any atom is -0.381 e. The van der Waals surface area contributed by atoms with Crippen LogP contribution in [0, 0.1) is 5.82 Å². The van der Waals surface area contributed by atoms with E-state index in [1.54, 1.807) is 6.07 Å². The third-order valence-corrected chi connectivity index (χ3v) is 4.72. The fourth-order valence-electron chi connectivity index (χ4n) is 3.10. The second-order valence-electron chi connectivity index (χ2n) is 5.91. The van der Waals surface area contributed by atoms with Gasteiger partial charge in [0.05, 0.1) is 0 Å². The van der Waals surface area contributed by atoms with E-state index in [9.17, 15) is 4.39 Å². The van der Waals surface area contributed by atoms with Gasteiger partial charge in [-0.3, -0.25) is 0 Å². The van der Waals surface area contributed by atoms with E-state index < -0.39 is 0 Å². The molecule has 3 rings (SSSR count). The Morgan fingerprint density at radius 2 is 2.05 bits per heavy atom. The third-order valence-electron chi connectivity index (χ3n) is 4.72. The van der Waals surface area contributed by atoms with Crippen molar-refractivity contribution in [3.63, 3.8) is 0 Å². The lowest BCUT2D eigenvalue weighted by Crippen LogP contribution is -2.47. The quantitative estimate of drug-likeness (QED) is 0.901. The molecule has 1 aromatic carbocycles. The van der Waals surface area contributed by atoms with E-state index in [0.717, 1.165) is 38.2 Å². The van der Waals surface area contributed by atoms with Gasteiger partial charge in [-0.15, -0.1) is 0 Å². The Kier molecular flexibility index (Phi) is 3.85. The van der Waals surface area contributed by atoms with E-state index >= 15 is 0 Å². The lowest BCUT2D eigenvalue weighted by Gasteiger charge is -2.40. The van der Waals surface area contributed by atoms with Crippen molar-refractivity contribution in [2.75, 3.05) is 19.8 Å². The summed E-state index contributed by atoms with van der Waals surface area (Å²) >= 11 is 0. The summed E-state index contributed by atoms with van der Waals surface area (Å²) in [4.78, 5) is 0. The van der Waals surface area contributed by atoms with E-state index in [-0.39, 0.29) is 11.2 Å². The Morgan fingerprint density at radius 3 is 2.68 bits per heavy atom. The van der Waals surface area contributed by atoms with Crippen molar-refractivity contribution in [2.24, 2.45) is 0 Å². The van der Waals surface area contributed by atoms with Crippen LogP contribution in [-0.2, 0) is 10.2 Å². The Bertz CT molecular complexity index is 425. The smallest absolute Gasteiger partial charge is 0.123 e. The molecule has 0 radical (unpaired) electrons. The predicted octanol–water partition coefficient (Wildman–Crippen LogP) is 3.02. The van der Waals surface area contributed by atoms with Crippen molar-refractivity contribution in [3.05, 3.63) is 35.6 Å². The zero-order valence-corrected chi connectivity index (χ0v) is 11.3. The summed E-state index contributed by atoms with van der Waals surface area (Å²) in [6.07, 6.45) is 5.88. The molecule has 0 atom stereocenters. The van der Waals surface area contributed by atoms with Crippen LogP contribution in [0.15, 0.2) is 24.3 Å². The Hall–Kier alpha value is -0.930. The van der Waals surface area contributed by atoms with Gasteiger partial charge < -0.3 is 10.1 Å². The lowest BCUT2D eigenvalue weighted by atomic mass is 9.73. The first-order chi connectivity index (χ1) is 9.28. The first-order valence-electron chi connectivity index (χ1n) is 7.36. The summed E-state index contributed by atoms with van der Waals surface area (Å²) in [5, 5.41) is 3.67. The third kappa shape index (κ3) is 2.82. The van der Waals surface area contributed by atoms with E-state index in [1.807, 2.05) is 6.07 Å². The zero-order chi connectivity index (χ0) is 13.1. The zero-order valence-electron chi connectivity index (χ0n) is 11.3. The van der Waals surface area contributed by atoms with Crippen molar-refractivity contribution in [3.8, 4) is 0 Å². The molecule has 0 bridgehead atoms. The molecule has 1 N–H and O–H groups in total. The highest BCUT2D eigenvalue weighted by molar-refractivity contribution is 5.27. The molecule has 19 heavy (non-hydrogen) atoms. The number of benzene rings is 1. The molecule has 2 fully saturated rings. The van der Waals surface area contributed by atoms with Gasteiger partial charge in [0.2, 0.25) is 0 Å². The van der Waals surface area contributed by atoms with Crippen LogP contribution in [0.25, 0.3) is 0 Å². The second kappa shape index (κ2) is 5.59. The van der Waals surface area contributed by atoms with Crippen molar-refractivity contribution >= 4 is 0 Å². The minimum atomic E-state index is -0.132. The molecule has 1 saturated heterocycles. The molecule has 3 heteroatoms. The van der Waals surface area contributed by atoms with Crippen LogP contribution in [0.2, 0.25) is 0 Å². The van der Waals surface area contributed by atoms with E-state index in [2.05, 4.69) is 11.4 Å². The van der Waals surface area contributed by atoms with Crippen molar-refractivity contribution in [1.29, 1.82) is 0 Å². The number of nitrogens with one attached hydrogen (secondary N) is 1. The molecule has 1 aromatic rings. The molecule has 2 nitrogen and oxygen atoms in total. The van der Waals surface area contributed by atoms with Crippen LogP contribution in [0.4, 0.5) is 4.39 Å². The summed E-state index contributed by atoms with van der Waals surface area (Å²) < 4.78 is 19.0. The average Bonchev–Trinajstić information content (AvgIpc) is 2.38. The maximum atomic E-state index is 13.5. The summed E-state index contributed by atoms with van der Waals surface area (Å²) in [7, 11) is 0. The summed E-state index contributed by atoms with van der Waals surface area (Å²) in [6, 6.07) is 7.79. The van der Waals surface area contributed by atoms with Gasteiger partial charge >= 0.3 is 0 Å². The molecule has 1 heterocycles. The van der Waals surface area contributed by atoms with Crippen LogP contribution in [0.3, 0.4) is 0 Å². The number of rotatable bonds is 4. The molecule has 0 aromatic heterocycles. The molecule has 2 aliphatic rings. The van der Waals surface area contributed by atoms with Crippen LogP contribution in [0.5, 0.6) is 0 Å². The molecule has 0 amide bonds. The fraction of sp³-hybridized carbons (Fsp3) is 0.625. The van der Waals surface area contributed by atoms with Crippen molar-refractivity contribution in [1.82, 2.24) is 5.32 Å². The monoisotopic (exact) mass is 263 g/mol. The number of hydrogen-bond donors (Lipinski definition) is 1. The van der Waals surface area contributed by atoms with Gasteiger partial charge in [0.15, 0.2) is 0 Å². The van der Waals surface area contributed by atoms with E-state index in [0.29, 0.717) is 6.04 Å². The number of hydrogen-bond acceptors (Lipinski definition) is 2. The average molecular weight is 263 g/mol. The molecule has 104 valence electrons. The molecule has 0 spiro atoms. The minimum absolute atomic E-state index is 0.0515. The van der Waals surface area contributed by atoms with Gasteiger partial charge in [-0.2, -0.15) is 0 Å². The van der Waals surface area contributed by atoms with Crippen LogP contribution in [0.1, 0.15) is 37.7 Å². The SMILES string of the molecule is Fc1cccc(C2(CNC3CCC3)CCOCC2)c1. The molecule has 1 aliphatic carbocycles. The molecule has 1 aliphatic heterocycles. The Balaban J connectivity index is 1.78. The standard InChI is InChI=1S/C16H22FNO/c17-14-4-1-3-13(11-14)16(7-9-19-10-8-16)12-18-15-5-2-6-15/h1,3-4,11,15,18H,2,5-10,12H2. The maximum Gasteiger partial charge on any atom is 0.123 e. The second-order valence-corrected chi connectivity index (χ2v) is 5.91. The van der Waals surface area contributed by atoms with Crippen molar-refractivity contribution < 1.29 is 9.13 Å². The molecule has 0 unspecified atom stereocenters. The molecular formula is C16H22FNO. The van der Waals surface area contributed by atoms with Gasteiger partial charge in [-0.25, -0.2) is 4.39 Å². The highest BCUT2D eigenvalue weighted by Crippen LogP contribution is 2.35. The van der Waals surface area contributed by atoms with Gasteiger partial charge in [0, 0.05) is 31.2 Å². The lowest BCUT2D eigenvalue weighted by molar-refractivity contribution is 0.0476. The van der Waals surface area contributed by atoms with Crippen LogP contribution < -0.4 is 5.32 Å². The predicted molar refractivity (Wildman–Crippen MR) is 73.8 cm³/mol. The van der Waals surface area contributed by atoms with Crippen LogP contribution >= 0.6 is 0 Å². The normalized spacial score (nSPS) is 23.0. The molecular weight excluding hydrogens is 241 g/mol. The van der Waals surface area contributed by atoms with Gasteiger partial charge in [0.1, 0.15) is 5.82 Å². The molecule has 1 saturated carbocycles. The fourth-order valence-corrected chi connectivity index (χ4v) is 3.10. The summed E-state index contributed by atoms with van der Waals surface area (Å²) in [6.45, 7) is 2.51. The van der Waals surface area contributed by atoms with Gasteiger partial charge in [0.25, 0.3) is 0 Å². The number of halogens is 1. The highest BCUT2D eigenvalue weighted by Gasteiger charge is 2.35. The van der Waals surface area contributed by atoms with Crippen molar-refractivity contribution in [2.45, 2.75) is 43.6 Å². The topological polar surface area (TPSA) is 21.3 Å². The first kappa shape index (κ1) is 13.1. The van der Waals surface area contributed by atoms with Gasteiger partial charge in [-0.1, -0.05) is 18.6 Å². The maximum absolute atomic E-state index is 13.5. The van der Waals surface area contributed by atoms with Crippen LogP contribution in [-0.4, -0.2) is 25.8 Å². The van der Waals surface area contributed by atoms with E-state index in [4.69, 9.17) is 4.74 Å². The Labute approximate surface area is 114 Å². The van der Waals surface area contributed by atoms with E-state index in [1.165, 1.54) is 25.3 Å². The largest absolute Gasteiger partial charge is 0.381 e.